The molecule has 0 aliphatic carbocycles. The van der Waals surface area contributed by atoms with Crippen LogP contribution in [0.3, 0.4) is 0 Å². The highest BCUT2D eigenvalue weighted by atomic mass is 15.0. The monoisotopic (exact) mass is 257 g/mol. The van der Waals surface area contributed by atoms with Gasteiger partial charge in [0, 0.05) is 25.5 Å². The first-order valence-electron chi connectivity index (χ1n) is 6.91. The predicted octanol–water partition coefficient (Wildman–Crippen LogP) is 2.99. The summed E-state index contributed by atoms with van der Waals surface area (Å²) in [7, 11) is 0. The number of hydrogen-bond acceptors (Lipinski definition) is 2. The van der Waals surface area contributed by atoms with E-state index in [-0.39, 0.29) is 0 Å². The fourth-order valence-electron chi connectivity index (χ4n) is 2.04. The third kappa shape index (κ3) is 4.21. The fourth-order valence-corrected chi connectivity index (χ4v) is 2.04. The van der Waals surface area contributed by atoms with Crippen molar-refractivity contribution in [3.8, 4) is 0 Å². The van der Waals surface area contributed by atoms with E-state index in [0.717, 1.165) is 25.5 Å². The molecule has 19 heavy (non-hydrogen) atoms. The van der Waals surface area contributed by atoms with Crippen molar-refractivity contribution < 1.29 is 0 Å². The van der Waals surface area contributed by atoms with E-state index in [0.29, 0.717) is 5.92 Å². The second-order valence-corrected chi connectivity index (χ2v) is 5.44. The number of rotatable bonds is 6. The average Bonchev–Trinajstić information content (AvgIpc) is 2.77. The second-order valence-electron chi connectivity index (χ2n) is 5.44. The van der Waals surface area contributed by atoms with Gasteiger partial charge in [0.25, 0.3) is 0 Å². The maximum Gasteiger partial charge on any atom is 0.105 e. The summed E-state index contributed by atoms with van der Waals surface area (Å²) in [5.74, 6) is 1.76. The summed E-state index contributed by atoms with van der Waals surface area (Å²) in [4.78, 5) is 4.24. The molecule has 1 N–H and O–H groups in total. The molecule has 0 aliphatic heterocycles. The molecule has 0 aliphatic rings. The van der Waals surface area contributed by atoms with E-state index in [2.05, 4.69) is 53.0 Å². The van der Waals surface area contributed by atoms with E-state index in [1.54, 1.807) is 0 Å². The Morgan fingerprint density at radius 2 is 1.84 bits per heavy atom. The summed E-state index contributed by atoms with van der Waals surface area (Å²) < 4.78 is 2.16. The highest BCUT2D eigenvalue weighted by Gasteiger charge is 2.00. The quantitative estimate of drug-likeness (QED) is 0.862. The molecule has 102 valence electrons. The zero-order valence-electron chi connectivity index (χ0n) is 12.1. The lowest BCUT2D eigenvalue weighted by Gasteiger charge is -2.09. The topological polar surface area (TPSA) is 29.9 Å². The van der Waals surface area contributed by atoms with Gasteiger partial charge in [0.05, 0.1) is 0 Å². The molecule has 1 heterocycles. The first-order valence-corrected chi connectivity index (χ1v) is 6.91. The summed E-state index contributed by atoms with van der Waals surface area (Å²) in [5.41, 5.74) is 2.65. The molecule has 1 aromatic heterocycles. The molecule has 0 saturated heterocycles. The maximum absolute atomic E-state index is 4.24. The van der Waals surface area contributed by atoms with Gasteiger partial charge < -0.3 is 9.88 Å². The lowest BCUT2D eigenvalue weighted by atomic mass is 10.1. The number of imidazole rings is 1. The average molecular weight is 257 g/mol. The van der Waals surface area contributed by atoms with Crippen LogP contribution in [0.2, 0.25) is 0 Å². The van der Waals surface area contributed by atoms with Crippen molar-refractivity contribution in [2.45, 2.75) is 33.9 Å². The minimum atomic E-state index is 0.698. The van der Waals surface area contributed by atoms with Crippen LogP contribution < -0.4 is 5.32 Å². The van der Waals surface area contributed by atoms with E-state index < -0.39 is 0 Å². The standard InChI is InChI=1S/C16H23N3/c1-13(2)10-17-11-15-4-6-16(7-5-15)12-19-9-8-18-14(19)3/h4-9,13,17H,10-12H2,1-3H3. The van der Waals surface area contributed by atoms with Crippen LogP contribution >= 0.6 is 0 Å². The molecular weight excluding hydrogens is 234 g/mol. The van der Waals surface area contributed by atoms with Crippen molar-refractivity contribution in [3.63, 3.8) is 0 Å². The number of nitrogens with one attached hydrogen (secondary N) is 1. The van der Waals surface area contributed by atoms with Gasteiger partial charge in [0.2, 0.25) is 0 Å². The van der Waals surface area contributed by atoms with Gasteiger partial charge in [-0.15, -0.1) is 0 Å². The van der Waals surface area contributed by atoms with E-state index in [4.69, 9.17) is 0 Å². The van der Waals surface area contributed by atoms with Crippen LogP contribution in [0.15, 0.2) is 36.7 Å². The first-order chi connectivity index (χ1) is 9.15. The van der Waals surface area contributed by atoms with Crippen LogP contribution in [-0.2, 0) is 13.1 Å². The summed E-state index contributed by atoms with van der Waals surface area (Å²) in [5, 5.41) is 3.46. The molecule has 0 amide bonds. The van der Waals surface area contributed by atoms with Crippen LogP contribution in [-0.4, -0.2) is 16.1 Å². The van der Waals surface area contributed by atoms with Gasteiger partial charge in [-0.3, -0.25) is 0 Å². The molecule has 0 atom stereocenters. The van der Waals surface area contributed by atoms with Gasteiger partial charge in [0.1, 0.15) is 5.82 Å². The Morgan fingerprint density at radius 1 is 1.16 bits per heavy atom. The molecule has 0 fully saturated rings. The van der Waals surface area contributed by atoms with Gasteiger partial charge in [-0.25, -0.2) is 4.98 Å². The Labute approximate surface area is 115 Å². The van der Waals surface area contributed by atoms with Gasteiger partial charge in [-0.05, 0) is 30.5 Å². The smallest absolute Gasteiger partial charge is 0.105 e. The zero-order chi connectivity index (χ0) is 13.7. The van der Waals surface area contributed by atoms with Crippen molar-refractivity contribution in [3.05, 3.63) is 53.6 Å². The van der Waals surface area contributed by atoms with E-state index in [1.165, 1.54) is 11.1 Å². The highest BCUT2D eigenvalue weighted by Crippen LogP contribution is 2.08. The molecule has 0 spiro atoms. The number of aryl methyl sites for hydroxylation is 1. The van der Waals surface area contributed by atoms with Gasteiger partial charge in [-0.2, -0.15) is 0 Å². The molecule has 3 nitrogen and oxygen atoms in total. The molecule has 0 bridgehead atoms. The number of hydrogen-bond donors (Lipinski definition) is 1. The van der Waals surface area contributed by atoms with Crippen LogP contribution in [0, 0.1) is 12.8 Å². The third-order valence-corrected chi connectivity index (χ3v) is 3.18. The van der Waals surface area contributed by atoms with Gasteiger partial charge in [0.15, 0.2) is 0 Å². The van der Waals surface area contributed by atoms with E-state index in [1.807, 2.05) is 19.3 Å². The lowest BCUT2D eigenvalue weighted by molar-refractivity contribution is 0.552. The Balaban J connectivity index is 1.89. The molecule has 2 rings (SSSR count). The normalized spacial score (nSPS) is 11.2. The first kappa shape index (κ1) is 13.8. The van der Waals surface area contributed by atoms with Gasteiger partial charge >= 0.3 is 0 Å². The molecule has 0 unspecified atom stereocenters. The Kier molecular flexibility index (Phi) is 4.74. The zero-order valence-corrected chi connectivity index (χ0v) is 12.1. The van der Waals surface area contributed by atoms with Crippen LogP contribution in [0.25, 0.3) is 0 Å². The van der Waals surface area contributed by atoms with Crippen molar-refractivity contribution in [1.82, 2.24) is 14.9 Å². The molecule has 3 heteroatoms. The van der Waals surface area contributed by atoms with Crippen molar-refractivity contribution in [1.29, 1.82) is 0 Å². The Bertz CT molecular complexity index is 497. The summed E-state index contributed by atoms with van der Waals surface area (Å²) >= 11 is 0. The van der Waals surface area contributed by atoms with Crippen LogP contribution in [0.1, 0.15) is 30.8 Å². The van der Waals surface area contributed by atoms with Crippen LogP contribution in [0.5, 0.6) is 0 Å². The maximum atomic E-state index is 4.24. The number of benzene rings is 1. The van der Waals surface area contributed by atoms with Crippen molar-refractivity contribution in [2.75, 3.05) is 6.54 Å². The summed E-state index contributed by atoms with van der Waals surface area (Å²) in [6.45, 7) is 9.39. The van der Waals surface area contributed by atoms with Crippen molar-refractivity contribution >= 4 is 0 Å². The molecular formula is C16H23N3. The van der Waals surface area contributed by atoms with Crippen molar-refractivity contribution in [2.24, 2.45) is 5.92 Å². The number of aromatic nitrogens is 2. The summed E-state index contributed by atoms with van der Waals surface area (Å²) in [6, 6.07) is 8.81. The van der Waals surface area contributed by atoms with E-state index >= 15 is 0 Å². The lowest BCUT2D eigenvalue weighted by Crippen LogP contribution is -2.18. The summed E-state index contributed by atoms with van der Waals surface area (Å²) in [6.07, 6.45) is 3.87. The van der Waals surface area contributed by atoms with Gasteiger partial charge in [-0.1, -0.05) is 38.1 Å². The van der Waals surface area contributed by atoms with E-state index in [9.17, 15) is 0 Å². The minimum absolute atomic E-state index is 0.698. The fraction of sp³-hybridized carbons (Fsp3) is 0.438. The number of nitrogens with zero attached hydrogens (tertiary/aromatic N) is 2. The van der Waals surface area contributed by atoms with Crippen LogP contribution in [0.4, 0.5) is 0 Å². The minimum Gasteiger partial charge on any atom is -0.331 e. The Morgan fingerprint density at radius 3 is 2.42 bits per heavy atom. The molecule has 1 aromatic carbocycles. The second kappa shape index (κ2) is 6.53. The third-order valence-electron chi connectivity index (χ3n) is 3.18. The SMILES string of the molecule is Cc1nccn1Cc1ccc(CNCC(C)C)cc1. The largest absolute Gasteiger partial charge is 0.331 e. The Hall–Kier alpha value is -1.61. The molecule has 2 aromatic rings. The molecule has 0 radical (unpaired) electrons. The highest BCUT2D eigenvalue weighted by molar-refractivity contribution is 5.23. The molecule has 0 saturated carbocycles. The predicted molar refractivity (Wildman–Crippen MR) is 79.1 cm³/mol.